The van der Waals surface area contributed by atoms with Crippen LogP contribution in [0.2, 0.25) is 0 Å². The number of sulfone groups is 1. The molecule has 0 aliphatic heterocycles. The SMILES string of the molecule is CCN(CC(=O)Nc1cccc(OC)c1)C(=O)c1cc([N+](=O)[O-])cc(S(C)(=O)=O)c1. The van der Waals surface area contributed by atoms with Gasteiger partial charge in [-0.05, 0) is 25.1 Å². The molecule has 11 heteroatoms. The number of nitrogens with one attached hydrogen (secondary N) is 1. The van der Waals surface area contributed by atoms with Crippen LogP contribution in [-0.4, -0.2) is 56.5 Å². The van der Waals surface area contributed by atoms with Crippen LogP contribution < -0.4 is 10.1 Å². The maximum atomic E-state index is 12.8. The number of carbonyl (C=O) groups excluding carboxylic acids is 2. The van der Waals surface area contributed by atoms with Crippen molar-refractivity contribution in [2.45, 2.75) is 11.8 Å². The number of methoxy groups -OCH3 is 1. The first-order valence-corrected chi connectivity index (χ1v) is 10.7. The highest BCUT2D eigenvalue weighted by Gasteiger charge is 2.23. The van der Waals surface area contributed by atoms with Crippen molar-refractivity contribution in [3.8, 4) is 5.75 Å². The van der Waals surface area contributed by atoms with Gasteiger partial charge in [0.1, 0.15) is 12.3 Å². The van der Waals surface area contributed by atoms with E-state index in [1.165, 1.54) is 7.11 Å². The van der Waals surface area contributed by atoms with Gasteiger partial charge in [-0.1, -0.05) is 6.07 Å². The second-order valence-corrected chi connectivity index (χ2v) is 8.36. The van der Waals surface area contributed by atoms with Crippen molar-refractivity contribution in [3.63, 3.8) is 0 Å². The topological polar surface area (TPSA) is 136 Å². The molecule has 1 N–H and O–H groups in total. The van der Waals surface area contributed by atoms with Crippen molar-refractivity contribution in [3.05, 3.63) is 58.1 Å². The molecule has 2 amide bonds. The standard InChI is InChI=1S/C19H21N3O7S/c1-4-21(12-18(23)20-14-6-5-7-16(10-14)29-2)19(24)13-8-15(22(25)26)11-17(9-13)30(3,27)28/h5-11H,4,12H2,1-3H3,(H,20,23). The molecule has 0 spiro atoms. The maximum absolute atomic E-state index is 12.8. The molecule has 0 radical (unpaired) electrons. The number of nitro groups is 1. The Morgan fingerprint density at radius 2 is 1.90 bits per heavy atom. The molecule has 10 nitrogen and oxygen atoms in total. The number of hydrogen-bond donors (Lipinski definition) is 1. The fourth-order valence-corrected chi connectivity index (χ4v) is 3.29. The molecule has 0 heterocycles. The quantitative estimate of drug-likeness (QED) is 0.495. The summed E-state index contributed by atoms with van der Waals surface area (Å²) < 4.78 is 28.8. The van der Waals surface area contributed by atoms with Gasteiger partial charge in [-0.3, -0.25) is 19.7 Å². The largest absolute Gasteiger partial charge is 0.497 e. The highest BCUT2D eigenvalue weighted by atomic mass is 32.2. The van der Waals surface area contributed by atoms with Crippen LogP contribution in [0.4, 0.5) is 11.4 Å². The minimum absolute atomic E-state index is 0.126. The maximum Gasteiger partial charge on any atom is 0.271 e. The number of nitro benzene ring substituents is 1. The van der Waals surface area contributed by atoms with Crippen molar-refractivity contribution in [1.82, 2.24) is 4.90 Å². The van der Waals surface area contributed by atoms with E-state index < -0.39 is 32.3 Å². The van der Waals surface area contributed by atoms with Crippen LogP contribution in [0.1, 0.15) is 17.3 Å². The molecule has 0 aliphatic rings. The van der Waals surface area contributed by atoms with Gasteiger partial charge in [0.25, 0.3) is 11.6 Å². The lowest BCUT2D eigenvalue weighted by molar-refractivity contribution is -0.385. The molecule has 2 aromatic rings. The van der Waals surface area contributed by atoms with Gasteiger partial charge in [-0.15, -0.1) is 0 Å². The third kappa shape index (κ3) is 5.77. The summed E-state index contributed by atoms with van der Waals surface area (Å²) in [5, 5.41) is 13.8. The molecular weight excluding hydrogens is 414 g/mol. The summed E-state index contributed by atoms with van der Waals surface area (Å²) in [6.45, 7) is 1.43. The molecule has 0 aliphatic carbocycles. The Hall–Kier alpha value is -3.47. The third-order valence-corrected chi connectivity index (χ3v) is 5.23. The number of hydrogen-bond acceptors (Lipinski definition) is 7. The Balaban J connectivity index is 2.25. The summed E-state index contributed by atoms with van der Waals surface area (Å²) in [5.74, 6) is -0.653. The van der Waals surface area contributed by atoms with E-state index in [0.29, 0.717) is 11.4 Å². The molecule has 0 atom stereocenters. The Labute approximate surface area is 173 Å². The molecule has 0 saturated carbocycles. The fourth-order valence-electron chi connectivity index (χ4n) is 2.61. The van der Waals surface area contributed by atoms with Crippen LogP contribution in [0.5, 0.6) is 5.75 Å². The van der Waals surface area contributed by atoms with Gasteiger partial charge in [-0.25, -0.2) is 8.42 Å². The monoisotopic (exact) mass is 435 g/mol. The first-order valence-electron chi connectivity index (χ1n) is 8.78. The van der Waals surface area contributed by atoms with E-state index >= 15 is 0 Å². The van der Waals surface area contributed by atoms with Crippen molar-refractivity contribution in [2.24, 2.45) is 0 Å². The number of ether oxygens (including phenoxy) is 1. The minimum Gasteiger partial charge on any atom is -0.497 e. The molecule has 2 rings (SSSR count). The number of nitrogens with zero attached hydrogens (tertiary/aromatic N) is 2. The predicted molar refractivity (Wildman–Crippen MR) is 109 cm³/mol. The molecular formula is C19H21N3O7S. The highest BCUT2D eigenvalue weighted by molar-refractivity contribution is 7.90. The smallest absolute Gasteiger partial charge is 0.271 e. The molecule has 0 fully saturated rings. The number of benzene rings is 2. The third-order valence-electron chi connectivity index (χ3n) is 4.13. The number of non-ortho nitro benzene ring substituents is 1. The summed E-state index contributed by atoms with van der Waals surface area (Å²) in [5.41, 5.74) is -0.253. The zero-order valence-corrected chi connectivity index (χ0v) is 17.4. The molecule has 30 heavy (non-hydrogen) atoms. The van der Waals surface area contributed by atoms with Crippen LogP contribution >= 0.6 is 0 Å². The van der Waals surface area contributed by atoms with E-state index in [-0.39, 0.29) is 23.5 Å². The average molecular weight is 435 g/mol. The number of rotatable bonds is 8. The van der Waals surface area contributed by atoms with Gasteiger partial charge in [-0.2, -0.15) is 0 Å². The Bertz CT molecular complexity index is 1080. The molecule has 2 aromatic carbocycles. The van der Waals surface area contributed by atoms with E-state index in [1.54, 1.807) is 31.2 Å². The zero-order chi connectivity index (χ0) is 22.5. The molecule has 160 valence electrons. The molecule has 0 unspecified atom stereocenters. The van der Waals surface area contributed by atoms with E-state index in [2.05, 4.69) is 5.32 Å². The normalized spacial score (nSPS) is 10.9. The Morgan fingerprint density at radius 3 is 2.47 bits per heavy atom. The second-order valence-electron chi connectivity index (χ2n) is 6.34. The van der Waals surface area contributed by atoms with Crippen LogP contribution in [0, 0.1) is 10.1 Å². The summed E-state index contributed by atoms with van der Waals surface area (Å²) in [7, 11) is -2.30. The average Bonchev–Trinajstić information content (AvgIpc) is 2.70. The van der Waals surface area contributed by atoms with Crippen molar-refractivity contribution >= 4 is 33.0 Å². The predicted octanol–water partition coefficient (Wildman–Crippen LogP) is 2.11. The molecule has 0 bridgehead atoms. The van der Waals surface area contributed by atoms with Gasteiger partial charge in [0, 0.05) is 42.3 Å². The van der Waals surface area contributed by atoms with Crippen LogP contribution in [0.25, 0.3) is 0 Å². The van der Waals surface area contributed by atoms with E-state index in [1.807, 2.05) is 0 Å². The lowest BCUT2D eigenvalue weighted by Crippen LogP contribution is -2.38. The van der Waals surface area contributed by atoms with Crippen molar-refractivity contribution < 1.29 is 27.7 Å². The summed E-state index contributed by atoms with van der Waals surface area (Å²) in [6, 6.07) is 9.59. The van der Waals surface area contributed by atoms with E-state index in [4.69, 9.17) is 4.74 Å². The molecule has 0 saturated heterocycles. The highest BCUT2D eigenvalue weighted by Crippen LogP contribution is 2.22. The first kappa shape index (κ1) is 22.8. The summed E-state index contributed by atoms with van der Waals surface area (Å²) >= 11 is 0. The van der Waals surface area contributed by atoms with Gasteiger partial charge >= 0.3 is 0 Å². The Kier molecular flexibility index (Phi) is 7.11. The number of carbonyl (C=O) groups is 2. The lowest BCUT2D eigenvalue weighted by Gasteiger charge is -2.20. The second kappa shape index (κ2) is 9.35. The molecule has 0 aromatic heterocycles. The van der Waals surface area contributed by atoms with Crippen LogP contribution in [-0.2, 0) is 14.6 Å². The number of amides is 2. The number of likely N-dealkylation sites (N-methyl/N-ethyl adjacent to an activating group) is 1. The van der Waals surface area contributed by atoms with E-state index in [0.717, 1.165) is 29.4 Å². The summed E-state index contributed by atoms with van der Waals surface area (Å²) in [6.07, 6.45) is 0.888. The fraction of sp³-hybridized carbons (Fsp3) is 0.263. The summed E-state index contributed by atoms with van der Waals surface area (Å²) in [4.78, 5) is 36.4. The van der Waals surface area contributed by atoms with Crippen molar-refractivity contribution in [1.29, 1.82) is 0 Å². The number of anilines is 1. The van der Waals surface area contributed by atoms with Crippen LogP contribution in [0.3, 0.4) is 0 Å². The van der Waals surface area contributed by atoms with Gasteiger partial charge in [0.15, 0.2) is 9.84 Å². The van der Waals surface area contributed by atoms with Gasteiger partial charge in [0.05, 0.1) is 16.9 Å². The van der Waals surface area contributed by atoms with E-state index in [9.17, 15) is 28.1 Å². The van der Waals surface area contributed by atoms with Crippen LogP contribution in [0.15, 0.2) is 47.4 Å². The lowest BCUT2D eigenvalue weighted by atomic mass is 10.1. The zero-order valence-electron chi connectivity index (χ0n) is 16.6. The van der Waals surface area contributed by atoms with Crippen molar-refractivity contribution in [2.75, 3.05) is 31.8 Å². The van der Waals surface area contributed by atoms with Gasteiger partial charge in [0.2, 0.25) is 5.91 Å². The Morgan fingerprint density at radius 1 is 1.20 bits per heavy atom. The minimum atomic E-state index is -3.78. The first-order chi connectivity index (χ1) is 14.0. The van der Waals surface area contributed by atoms with Gasteiger partial charge < -0.3 is 15.0 Å².